The predicted octanol–water partition coefficient (Wildman–Crippen LogP) is 1.90. The van der Waals surface area contributed by atoms with Crippen LogP contribution in [0.3, 0.4) is 0 Å². The number of nitrogens with one attached hydrogen (secondary N) is 3. The fraction of sp³-hybridized carbons (Fsp3) is 0.429. The zero-order chi connectivity index (χ0) is 13.9. The summed E-state index contributed by atoms with van der Waals surface area (Å²) in [5.74, 6) is 3.08. The fourth-order valence-corrected chi connectivity index (χ4v) is 3.35. The Bertz CT molecular complexity index is 619. The van der Waals surface area contributed by atoms with Gasteiger partial charge in [0.2, 0.25) is 5.91 Å². The van der Waals surface area contributed by atoms with Crippen LogP contribution in [-0.2, 0) is 4.79 Å². The average Bonchev–Trinajstić information content (AvgIpc) is 2.79. The third-order valence-electron chi connectivity index (χ3n) is 3.31. The van der Waals surface area contributed by atoms with Crippen molar-refractivity contribution in [2.75, 3.05) is 23.4 Å². The highest BCUT2D eigenvalue weighted by Crippen LogP contribution is 2.18. The number of hydrogen-bond donors (Lipinski definition) is 3. The first-order valence-corrected chi connectivity index (χ1v) is 7.93. The van der Waals surface area contributed by atoms with Gasteiger partial charge in [-0.2, -0.15) is 11.8 Å². The Morgan fingerprint density at radius 1 is 1.55 bits per heavy atom. The molecule has 3 N–H and O–H groups in total. The number of aromatic nitrogens is 2. The van der Waals surface area contributed by atoms with Crippen LogP contribution in [0.4, 0.5) is 5.69 Å². The van der Waals surface area contributed by atoms with Crippen molar-refractivity contribution in [2.24, 2.45) is 0 Å². The summed E-state index contributed by atoms with van der Waals surface area (Å²) in [5, 5.41) is 6.33. The Morgan fingerprint density at radius 3 is 3.25 bits per heavy atom. The summed E-state index contributed by atoms with van der Waals surface area (Å²) >= 11 is 1.90. The van der Waals surface area contributed by atoms with E-state index in [1.165, 1.54) is 0 Å². The molecule has 1 fully saturated rings. The molecule has 0 bridgehead atoms. The second-order valence-electron chi connectivity index (χ2n) is 5.03. The molecule has 106 valence electrons. The van der Waals surface area contributed by atoms with Crippen LogP contribution in [0.2, 0.25) is 0 Å². The minimum atomic E-state index is 0.0561. The molecule has 1 aliphatic rings. The van der Waals surface area contributed by atoms with Crippen LogP contribution < -0.4 is 10.6 Å². The molecule has 0 radical (unpaired) electrons. The molecule has 1 unspecified atom stereocenters. The van der Waals surface area contributed by atoms with Gasteiger partial charge in [-0.1, -0.05) is 0 Å². The molecule has 2 aromatic rings. The molecular formula is C14H18N4OS. The SMILES string of the molecule is Cc1nc2ccc(NC(=O)CC3CSCCN3)cc2[nH]1. The summed E-state index contributed by atoms with van der Waals surface area (Å²) < 4.78 is 0. The molecule has 1 aromatic carbocycles. The molecule has 1 aliphatic heterocycles. The van der Waals surface area contributed by atoms with Gasteiger partial charge in [-0.15, -0.1) is 0 Å². The van der Waals surface area contributed by atoms with Crippen LogP contribution in [0, 0.1) is 6.92 Å². The van der Waals surface area contributed by atoms with Crippen LogP contribution >= 0.6 is 11.8 Å². The number of carbonyl (C=O) groups excluding carboxylic acids is 1. The van der Waals surface area contributed by atoms with Crippen LogP contribution in [0.5, 0.6) is 0 Å². The Morgan fingerprint density at radius 2 is 2.45 bits per heavy atom. The minimum absolute atomic E-state index is 0.0561. The van der Waals surface area contributed by atoms with E-state index in [0.717, 1.165) is 40.6 Å². The summed E-state index contributed by atoms with van der Waals surface area (Å²) in [4.78, 5) is 19.6. The van der Waals surface area contributed by atoms with E-state index in [-0.39, 0.29) is 11.9 Å². The molecule has 20 heavy (non-hydrogen) atoms. The number of nitrogens with zero attached hydrogens (tertiary/aromatic N) is 1. The third-order valence-corrected chi connectivity index (χ3v) is 4.45. The highest BCUT2D eigenvalue weighted by molar-refractivity contribution is 7.99. The maximum atomic E-state index is 12.0. The topological polar surface area (TPSA) is 69.8 Å². The van der Waals surface area contributed by atoms with Gasteiger partial charge in [0.25, 0.3) is 0 Å². The first-order chi connectivity index (χ1) is 9.70. The minimum Gasteiger partial charge on any atom is -0.342 e. The molecule has 3 rings (SSSR count). The monoisotopic (exact) mass is 290 g/mol. The van der Waals surface area contributed by atoms with Gasteiger partial charge in [0.05, 0.1) is 11.0 Å². The highest BCUT2D eigenvalue weighted by atomic mass is 32.2. The molecule has 1 aromatic heterocycles. The fourth-order valence-electron chi connectivity index (χ4n) is 2.40. The number of hydrogen-bond acceptors (Lipinski definition) is 4. The van der Waals surface area contributed by atoms with E-state index in [0.29, 0.717) is 6.42 Å². The Balaban J connectivity index is 1.64. The molecule has 0 spiro atoms. The summed E-state index contributed by atoms with van der Waals surface area (Å²) in [6.07, 6.45) is 0.521. The molecule has 1 atom stereocenters. The van der Waals surface area contributed by atoms with E-state index < -0.39 is 0 Å². The molecule has 0 aliphatic carbocycles. The second kappa shape index (κ2) is 5.85. The van der Waals surface area contributed by atoms with Gasteiger partial charge in [0, 0.05) is 36.2 Å². The number of H-pyrrole nitrogens is 1. The van der Waals surface area contributed by atoms with Crippen LogP contribution in [-0.4, -0.2) is 40.0 Å². The quantitative estimate of drug-likeness (QED) is 0.807. The first kappa shape index (κ1) is 13.5. The molecule has 1 saturated heterocycles. The molecule has 5 nitrogen and oxygen atoms in total. The number of rotatable bonds is 3. The number of fused-ring (bicyclic) bond motifs is 1. The van der Waals surface area contributed by atoms with Crippen molar-refractivity contribution < 1.29 is 4.79 Å². The lowest BCUT2D eigenvalue weighted by Gasteiger charge is -2.22. The van der Waals surface area contributed by atoms with Crippen molar-refractivity contribution in [2.45, 2.75) is 19.4 Å². The Kier molecular flexibility index (Phi) is 3.93. The second-order valence-corrected chi connectivity index (χ2v) is 6.18. The van der Waals surface area contributed by atoms with Gasteiger partial charge in [0.1, 0.15) is 5.82 Å². The molecule has 6 heteroatoms. The van der Waals surface area contributed by atoms with Crippen molar-refractivity contribution in [1.29, 1.82) is 0 Å². The molecular weight excluding hydrogens is 272 g/mol. The lowest BCUT2D eigenvalue weighted by atomic mass is 10.2. The maximum absolute atomic E-state index is 12.0. The molecule has 1 amide bonds. The van der Waals surface area contributed by atoms with Gasteiger partial charge in [-0.3, -0.25) is 4.79 Å². The van der Waals surface area contributed by atoms with E-state index in [1.807, 2.05) is 36.9 Å². The lowest BCUT2D eigenvalue weighted by Crippen LogP contribution is -2.39. The number of benzene rings is 1. The number of thioether (sulfide) groups is 1. The zero-order valence-corrected chi connectivity index (χ0v) is 12.2. The van der Waals surface area contributed by atoms with E-state index in [9.17, 15) is 4.79 Å². The smallest absolute Gasteiger partial charge is 0.225 e. The number of carbonyl (C=O) groups is 1. The number of imidazole rings is 1. The summed E-state index contributed by atoms with van der Waals surface area (Å²) in [5.41, 5.74) is 2.69. The largest absolute Gasteiger partial charge is 0.342 e. The highest BCUT2D eigenvalue weighted by Gasteiger charge is 2.16. The van der Waals surface area contributed by atoms with Gasteiger partial charge >= 0.3 is 0 Å². The standard InChI is InChI=1S/C14H18N4OS/c1-9-16-12-3-2-10(6-13(12)17-9)18-14(19)7-11-8-20-5-4-15-11/h2-3,6,11,15H,4-5,7-8H2,1H3,(H,16,17)(H,18,19). The van der Waals surface area contributed by atoms with Crippen LogP contribution in [0.25, 0.3) is 11.0 Å². The summed E-state index contributed by atoms with van der Waals surface area (Å²) in [6.45, 7) is 2.91. The number of aromatic amines is 1. The van der Waals surface area contributed by atoms with E-state index in [2.05, 4.69) is 20.6 Å². The summed E-state index contributed by atoms with van der Waals surface area (Å²) in [6, 6.07) is 6.02. The normalized spacial score (nSPS) is 19.1. The number of anilines is 1. The predicted molar refractivity (Wildman–Crippen MR) is 83.2 cm³/mol. The van der Waals surface area contributed by atoms with Crippen LogP contribution in [0.15, 0.2) is 18.2 Å². The Labute approximate surface area is 121 Å². The first-order valence-electron chi connectivity index (χ1n) is 6.78. The van der Waals surface area contributed by atoms with Crippen molar-refractivity contribution >= 4 is 34.4 Å². The van der Waals surface area contributed by atoms with Crippen LogP contribution in [0.1, 0.15) is 12.2 Å². The average molecular weight is 290 g/mol. The third kappa shape index (κ3) is 3.13. The van der Waals surface area contributed by atoms with Crippen molar-refractivity contribution in [3.8, 4) is 0 Å². The summed E-state index contributed by atoms with van der Waals surface area (Å²) in [7, 11) is 0. The number of amides is 1. The van der Waals surface area contributed by atoms with Crippen molar-refractivity contribution in [3.05, 3.63) is 24.0 Å². The van der Waals surface area contributed by atoms with Gasteiger partial charge < -0.3 is 15.6 Å². The molecule has 2 heterocycles. The Hall–Kier alpha value is -1.53. The van der Waals surface area contributed by atoms with E-state index in [1.54, 1.807) is 0 Å². The molecule has 0 saturated carbocycles. The maximum Gasteiger partial charge on any atom is 0.225 e. The van der Waals surface area contributed by atoms with E-state index in [4.69, 9.17) is 0 Å². The van der Waals surface area contributed by atoms with Gasteiger partial charge in [0.15, 0.2) is 0 Å². The zero-order valence-electron chi connectivity index (χ0n) is 11.4. The van der Waals surface area contributed by atoms with Crippen molar-refractivity contribution in [3.63, 3.8) is 0 Å². The van der Waals surface area contributed by atoms with E-state index >= 15 is 0 Å². The number of aryl methyl sites for hydroxylation is 1. The van der Waals surface area contributed by atoms with Gasteiger partial charge in [-0.05, 0) is 25.1 Å². The van der Waals surface area contributed by atoms with Crippen molar-refractivity contribution in [1.82, 2.24) is 15.3 Å². The lowest BCUT2D eigenvalue weighted by molar-refractivity contribution is -0.116. The van der Waals surface area contributed by atoms with Gasteiger partial charge in [-0.25, -0.2) is 4.98 Å².